The van der Waals surface area contributed by atoms with Crippen LogP contribution in [0.25, 0.3) is 0 Å². The maximum atomic E-state index is 12.8. The first kappa shape index (κ1) is 29.5. The lowest BCUT2D eigenvalue weighted by Crippen LogP contribution is -2.44. The first-order valence-corrected chi connectivity index (χ1v) is 14.5. The molecule has 1 saturated heterocycles. The van der Waals surface area contributed by atoms with Crippen molar-refractivity contribution in [2.45, 2.75) is 63.1 Å². The maximum Gasteiger partial charge on any atom is 0.415 e. The van der Waals surface area contributed by atoms with E-state index in [1.807, 2.05) is 50.2 Å². The molecule has 11 heteroatoms. The Morgan fingerprint density at radius 2 is 1.95 bits per heavy atom. The number of alkyl halides is 3. The Morgan fingerprint density at radius 3 is 2.68 bits per heavy atom. The van der Waals surface area contributed by atoms with E-state index in [2.05, 4.69) is 37.6 Å². The van der Waals surface area contributed by atoms with Gasteiger partial charge in [0.25, 0.3) is 0 Å². The molecule has 1 aromatic heterocycles. The number of fused-ring (bicyclic) bond motifs is 1. The van der Waals surface area contributed by atoms with Gasteiger partial charge >= 0.3 is 6.18 Å². The number of piperidine rings is 1. The number of carbonyl (C=O) groups is 1. The van der Waals surface area contributed by atoms with Crippen molar-refractivity contribution < 1.29 is 23.1 Å². The molecule has 41 heavy (non-hydrogen) atoms. The summed E-state index contributed by atoms with van der Waals surface area (Å²) in [5.41, 5.74) is 5.11. The third-order valence-electron chi connectivity index (χ3n) is 7.99. The fraction of sp³-hybridized carbons (Fsp3) is 0.433. The first-order chi connectivity index (χ1) is 19.4. The number of amides is 1. The summed E-state index contributed by atoms with van der Waals surface area (Å²) in [5, 5.41) is 15.7. The average Bonchev–Trinajstić information content (AvgIpc) is 3.17. The van der Waals surface area contributed by atoms with Crippen LogP contribution in [0.1, 0.15) is 55.0 Å². The number of halogens is 4. The van der Waals surface area contributed by atoms with Gasteiger partial charge < -0.3 is 15.7 Å². The van der Waals surface area contributed by atoms with Gasteiger partial charge in [0.2, 0.25) is 11.9 Å². The molecule has 2 aliphatic rings. The Balaban J connectivity index is 1.22. The summed E-state index contributed by atoms with van der Waals surface area (Å²) in [6, 6.07) is 13.7. The molecule has 0 bridgehead atoms. The lowest BCUT2D eigenvalue weighted by molar-refractivity contribution is -0.208. The number of aliphatic hydroxyl groups is 1. The van der Waals surface area contributed by atoms with Gasteiger partial charge in [-0.2, -0.15) is 13.2 Å². The second-order valence-electron chi connectivity index (χ2n) is 11.3. The quantitative estimate of drug-likeness (QED) is 0.278. The number of aliphatic hydroxyl groups excluding tert-OH is 1. The molecule has 1 fully saturated rings. The van der Waals surface area contributed by atoms with E-state index < -0.39 is 24.2 Å². The molecule has 0 saturated carbocycles. The molecule has 2 aliphatic heterocycles. The standard InChI is InChI=1S/C30H33BrF3N5O2/c1-29(2)26-19(5-3-7-24(26)37-27(29)41)10-13-23-22(31)15-35-28(38-23)36-21-11-8-18(9-12-21)20-6-4-14-39(16-20)17-25(40)30(32,33)34/h3,5,7-9,11-12,15,20,25,40H,4,6,10,13-14,16-17H2,1-2H3,(H,37,41)(H,35,36,38). The highest BCUT2D eigenvalue weighted by Crippen LogP contribution is 2.40. The number of anilines is 3. The summed E-state index contributed by atoms with van der Waals surface area (Å²) in [7, 11) is 0. The van der Waals surface area contributed by atoms with Crippen molar-refractivity contribution in [1.29, 1.82) is 0 Å². The van der Waals surface area contributed by atoms with E-state index in [0.717, 1.165) is 51.1 Å². The van der Waals surface area contributed by atoms with Crippen molar-refractivity contribution in [3.8, 4) is 0 Å². The first-order valence-electron chi connectivity index (χ1n) is 13.7. The third kappa shape index (κ3) is 6.57. The SMILES string of the molecule is CC1(C)C(=O)Nc2cccc(CCc3nc(Nc4ccc(C5CCCN(CC(O)C(F)(F)F)C5)cc4)ncc3Br)c21. The minimum atomic E-state index is -4.61. The molecule has 0 aliphatic carbocycles. The topological polar surface area (TPSA) is 90.4 Å². The van der Waals surface area contributed by atoms with Crippen LogP contribution < -0.4 is 10.6 Å². The number of rotatable bonds is 8. The summed E-state index contributed by atoms with van der Waals surface area (Å²) in [6.45, 7) is 4.50. The van der Waals surface area contributed by atoms with E-state index in [4.69, 9.17) is 4.98 Å². The van der Waals surface area contributed by atoms with Gasteiger partial charge in [0.15, 0.2) is 6.10 Å². The van der Waals surface area contributed by atoms with Gasteiger partial charge in [0.1, 0.15) is 0 Å². The van der Waals surface area contributed by atoms with Crippen LogP contribution in [0.3, 0.4) is 0 Å². The number of nitrogens with zero attached hydrogens (tertiary/aromatic N) is 3. The number of hydrogen-bond acceptors (Lipinski definition) is 6. The molecule has 0 radical (unpaired) electrons. The fourth-order valence-corrected chi connectivity index (χ4v) is 6.13. The highest BCUT2D eigenvalue weighted by atomic mass is 79.9. The van der Waals surface area contributed by atoms with Gasteiger partial charge in [-0.3, -0.25) is 9.69 Å². The molecule has 2 unspecified atom stereocenters. The lowest BCUT2D eigenvalue weighted by atomic mass is 9.82. The van der Waals surface area contributed by atoms with Gasteiger partial charge in [0.05, 0.1) is 15.6 Å². The van der Waals surface area contributed by atoms with Crippen molar-refractivity contribution >= 4 is 39.2 Å². The van der Waals surface area contributed by atoms with E-state index >= 15 is 0 Å². The number of carbonyl (C=O) groups excluding carboxylic acids is 1. The molecule has 3 aromatic rings. The maximum absolute atomic E-state index is 12.8. The van der Waals surface area contributed by atoms with Crippen LogP contribution in [0.15, 0.2) is 53.1 Å². The lowest BCUT2D eigenvalue weighted by Gasteiger charge is -2.34. The van der Waals surface area contributed by atoms with E-state index in [0.29, 0.717) is 31.9 Å². The normalized spacial score (nSPS) is 19.5. The molecular formula is C30H33BrF3N5O2. The molecule has 3 N–H and O–H groups in total. The zero-order valence-electron chi connectivity index (χ0n) is 22.9. The number of nitrogens with one attached hydrogen (secondary N) is 2. The minimum absolute atomic E-state index is 0.00161. The molecule has 2 aromatic carbocycles. The predicted octanol–water partition coefficient (Wildman–Crippen LogP) is 6.10. The molecule has 7 nitrogen and oxygen atoms in total. The zero-order valence-corrected chi connectivity index (χ0v) is 24.5. The van der Waals surface area contributed by atoms with Crippen LogP contribution in [-0.2, 0) is 23.1 Å². The van der Waals surface area contributed by atoms with Crippen LogP contribution >= 0.6 is 15.9 Å². The number of aryl methyl sites for hydroxylation is 2. The minimum Gasteiger partial charge on any atom is -0.382 e. The number of benzene rings is 2. The van der Waals surface area contributed by atoms with Crippen molar-refractivity contribution in [1.82, 2.24) is 14.9 Å². The molecular weight excluding hydrogens is 599 g/mol. The van der Waals surface area contributed by atoms with Gasteiger partial charge in [-0.1, -0.05) is 24.3 Å². The predicted molar refractivity (Wildman–Crippen MR) is 155 cm³/mol. The molecule has 1 amide bonds. The van der Waals surface area contributed by atoms with Crippen molar-refractivity contribution in [2.24, 2.45) is 0 Å². The number of aromatic nitrogens is 2. The molecule has 2 atom stereocenters. The van der Waals surface area contributed by atoms with E-state index in [9.17, 15) is 23.1 Å². The molecule has 218 valence electrons. The zero-order chi connectivity index (χ0) is 29.4. The van der Waals surface area contributed by atoms with E-state index in [1.54, 1.807) is 11.1 Å². The Bertz CT molecular complexity index is 1410. The van der Waals surface area contributed by atoms with Crippen LogP contribution in [-0.4, -0.2) is 57.8 Å². The summed E-state index contributed by atoms with van der Waals surface area (Å²) in [6.07, 6.45) is -2.19. The smallest absolute Gasteiger partial charge is 0.382 e. The van der Waals surface area contributed by atoms with Crippen LogP contribution in [0.5, 0.6) is 0 Å². The Labute approximate surface area is 245 Å². The van der Waals surface area contributed by atoms with Crippen molar-refractivity contribution in [3.63, 3.8) is 0 Å². The summed E-state index contributed by atoms with van der Waals surface area (Å²) < 4.78 is 39.2. The van der Waals surface area contributed by atoms with Crippen molar-refractivity contribution in [2.75, 3.05) is 30.3 Å². The second kappa shape index (κ2) is 11.7. The fourth-order valence-electron chi connectivity index (χ4n) is 5.74. The Kier molecular flexibility index (Phi) is 8.41. The number of β-amino-alcohol motifs (C(OH)–C–C–N with tert-alkyl or cyclic N) is 1. The third-order valence-corrected chi connectivity index (χ3v) is 8.65. The highest BCUT2D eigenvalue weighted by molar-refractivity contribution is 9.10. The number of likely N-dealkylation sites (tertiary alicyclic amines) is 1. The summed E-state index contributed by atoms with van der Waals surface area (Å²) in [4.78, 5) is 23.3. The Hall–Kier alpha value is -3.02. The Morgan fingerprint density at radius 1 is 1.20 bits per heavy atom. The average molecular weight is 633 g/mol. The number of hydrogen-bond donors (Lipinski definition) is 3. The van der Waals surface area contributed by atoms with Crippen molar-refractivity contribution in [3.05, 3.63) is 75.5 Å². The van der Waals surface area contributed by atoms with Crippen LogP contribution in [0.4, 0.5) is 30.5 Å². The summed E-state index contributed by atoms with van der Waals surface area (Å²) in [5.74, 6) is 0.557. The molecule has 3 heterocycles. The highest BCUT2D eigenvalue weighted by Gasteiger charge is 2.40. The molecule has 0 spiro atoms. The molecule has 5 rings (SSSR count). The summed E-state index contributed by atoms with van der Waals surface area (Å²) >= 11 is 3.57. The monoisotopic (exact) mass is 631 g/mol. The van der Waals surface area contributed by atoms with Crippen LogP contribution in [0.2, 0.25) is 0 Å². The largest absolute Gasteiger partial charge is 0.415 e. The van der Waals surface area contributed by atoms with Gasteiger partial charge in [-0.05, 0) is 103 Å². The second-order valence-corrected chi connectivity index (χ2v) is 12.2. The van der Waals surface area contributed by atoms with E-state index in [-0.39, 0.29) is 11.8 Å². The van der Waals surface area contributed by atoms with E-state index in [1.165, 1.54) is 0 Å². The van der Waals surface area contributed by atoms with Gasteiger partial charge in [-0.25, -0.2) is 9.97 Å². The van der Waals surface area contributed by atoms with Crippen LogP contribution in [0, 0.1) is 0 Å². The van der Waals surface area contributed by atoms with Gasteiger partial charge in [0, 0.05) is 30.7 Å². The van der Waals surface area contributed by atoms with Gasteiger partial charge in [-0.15, -0.1) is 0 Å².